The highest BCUT2D eigenvalue weighted by Crippen LogP contribution is 2.40. The molecule has 2 N–H and O–H groups in total. The molecule has 4 aromatic rings. The average Bonchev–Trinajstić information content (AvgIpc) is 3.50. The van der Waals surface area contributed by atoms with Gasteiger partial charge in [-0.2, -0.15) is 0 Å². The Kier molecular flexibility index (Phi) is 5.83. The molecule has 1 aromatic heterocycles. The van der Waals surface area contributed by atoms with Gasteiger partial charge in [0.05, 0.1) is 18.1 Å². The minimum Gasteiger partial charge on any atom is -0.496 e. The number of H-pyrrole nitrogens is 1. The van der Waals surface area contributed by atoms with Gasteiger partial charge in [-0.05, 0) is 59.5 Å². The van der Waals surface area contributed by atoms with Gasteiger partial charge in [0.25, 0.3) is 5.91 Å². The quantitative estimate of drug-likeness (QED) is 0.382. The molecule has 0 bridgehead atoms. The first-order valence-electron chi connectivity index (χ1n) is 12.3. The molecule has 9 heteroatoms. The van der Waals surface area contributed by atoms with Crippen molar-refractivity contribution >= 4 is 28.6 Å². The van der Waals surface area contributed by atoms with Crippen LogP contribution in [0.1, 0.15) is 45.3 Å². The lowest BCUT2D eigenvalue weighted by Crippen LogP contribution is -2.33. The number of carbonyl (C=O) groups is 2. The van der Waals surface area contributed by atoms with Crippen molar-refractivity contribution in [2.75, 3.05) is 20.2 Å². The third kappa shape index (κ3) is 4.06. The molecule has 38 heavy (non-hydrogen) atoms. The summed E-state index contributed by atoms with van der Waals surface area (Å²) in [6, 6.07) is 16.9. The molecule has 3 aromatic carbocycles. The number of imidazole rings is 1. The number of methoxy groups -OCH3 is 1. The van der Waals surface area contributed by atoms with Gasteiger partial charge in [0.2, 0.25) is 0 Å². The maximum absolute atomic E-state index is 14.5. The Morgan fingerprint density at radius 3 is 2.74 bits per heavy atom. The Balaban J connectivity index is 1.40. The molecule has 0 radical (unpaired) electrons. The van der Waals surface area contributed by atoms with E-state index >= 15 is 0 Å². The van der Waals surface area contributed by atoms with Gasteiger partial charge in [-0.15, -0.1) is 0 Å². The standard InChI is InChI=1S/C29H25FN4O4/c1-38-25-9-8-20(30)15-22(25)26(27-31-23-4-2-3-5-24(23)32-27)34-16-19-7-6-18(14-21(19)28(34)35)17-10-12-33(13-11-17)29(36)37/h2-10,14-15,26H,11-13,16H2,1H3,(H,31,32)(H,36,37). The fourth-order valence-corrected chi connectivity index (χ4v) is 5.32. The molecule has 3 heterocycles. The molecule has 6 rings (SSSR count). The number of benzene rings is 3. The van der Waals surface area contributed by atoms with Crippen molar-refractivity contribution in [3.63, 3.8) is 0 Å². The highest BCUT2D eigenvalue weighted by molar-refractivity contribution is 5.99. The molecule has 2 aliphatic rings. The first kappa shape index (κ1) is 23.7. The molecule has 0 saturated carbocycles. The summed E-state index contributed by atoms with van der Waals surface area (Å²) >= 11 is 0. The van der Waals surface area contributed by atoms with Gasteiger partial charge >= 0.3 is 6.09 Å². The van der Waals surface area contributed by atoms with E-state index in [1.54, 1.807) is 11.0 Å². The zero-order chi connectivity index (χ0) is 26.4. The molecular formula is C29H25FN4O4. The van der Waals surface area contributed by atoms with Crippen molar-refractivity contribution in [3.05, 3.63) is 101 Å². The van der Waals surface area contributed by atoms with E-state index < -0.39 is 18.0 Å². The highest BCUT2D eigenvalue weighted by Gasteiger charge is 2.38. The molecule has 192 valence electrons. The predicted octanol–water partition coefficient (Wildman–Crippen LogP) is 5.22. The van der Waals surface area contributed by atoms with E-state index in [9.17, 15) is 19.1 Å². The van der Waals surface area contributed by atoms with E-state index in [1.165, 1.54) is 24.1 Å². The summed E-state index contributed by atoms with van der Waals surface area (Å²) in [5, 5.41) is 9.23. The number of hydrogen-bond donors (Lipinski definition) is 2. The van der Waals surface area contributed by atoms with Gasteiger partial charge in [0.15, 0.2) is 0 Å². The monoisotopic (exact) mass is 512 g/mol. The van der Waals surface area contributed by atoms with E-state index in [1.807, 2.05) is 48.5 Å². The number of aromatic nitrogens is 2. The van der Waals surface area contributed by atoms with Crippen LogP contribution in [0, 0.1) is 5.82 Å². The number of halogens is 1. The molecule has 2 aliphatic heterocycles. The lowest BCUT2D eigenvalue weighted by molar-refractivity contribution is 0.0723. The Labute approximate surface area is 218 Å². The third-order valence-electron chi connectivity index (χ3n) is 7.26. The first-order valence-corrected chi connectivity index (χ1v) is 12.3. The molecule has 1 unspecified atom stereocenters. The number of nitrogens with one attached hydrogen (secondary N) is 1. The molecule has 8 nitrogen and oxygen atoms in total. The zero-order valence-electron chi connectivity index (χ0n) is 20.6. The highest BCUT2D eigenvalue weighted by atomic mass is 19.1. The number of rotatable bonds is 5. The third-order valence-corrected chi connectivity index (χ3v) is 7.26. The molecule has 1 atom stereocenters. The molecular weight excluding hydrogens is 487 g/mol. The summed E-state index contributed by atoms with van der Waals surface area (Å²) in [7, 11) is 1.52. The molecule has 0 saturated heterocycles. The Bertz CT molecular complexity index is 1580. The molecule has 2 amide bonds. The van der Waals surface area contributed by atoms with Gasteiger partial charge in [-0.25, -0.2) is 14.2 Å². The maximum Gasteiger partial charge on any atom is 0.407 e. The van der Waals surface area contributed by atoms with Gasteiger partial charge in [0, 0.05) is 30.8 Å². The van der Waals surface area contributed by atoms with Crippen LogP contribution in [0.3, 0.4) is 0 Å². The number of para-hydroxylation sites is 2. The number of carboxylic acid groups (broad SMARTS) is 1. The van der Waals surface area contributed by atoms with Gasteiger partial charge in [-0.3, -0.25) is 4.79 Å². The van der Waals surface area contributed by atoms with Crippen molar-refractivity contribution in [3.8, 4) is 5.75 Å². The Morgan fingerprint density at radius 2 is 2.00 bits per heavy atom. The summed E-state index contributed by atoms with van der Waals surface area (Å²) in [6.45, 7) is 1.04. The minimum absolute atomic E-state index is 0.192. The number of fused-ring (bicyclic) bond motifs is 2. The molecule has 0 aliphatic carbocycles. The summed E-state index contributed by atoms with van der Waals surface area (Å²) in [5.41, 5.74) is 5.39. The zero-order valence-corrected chi connectivity index (χ0v) is 20.6. The van der Waals surface area contributed by atoms with Crippen LogP contribution in [-0.4, -0.2) is 57.1 Å². The summed E-state index contributed by atoms with van der Waals surface area (Å²) < 4.78 is 20.1. The van der Waals surface area contributed by atoms with Crippen molar-refractivity contribution in [2.24, 2.45) is 0 Å². The van der Waals surface area contributed by atoms with Gasteiger partial charge in [0.1, 0.15) is 23.4 Å². The SMILES string of the molecule is COc1ccc(F)cc1C(c1nc2ccccc2[nH]1)N1Cc2ccc(C3=CCN(C(=O)O)CC3)cc2C1=O. The fraction of sp³-hybridized carbons (Fsp3) is 0.207. The molecule has 0 fully saturated rings. The lowest BCUT2D eigenvalue weighted by Gasteiger charge is -2.28. The second-order valence-electron chi connectivity index (χ2n) is 9.44. The first-order chi connectivity index (χ1) is 18.4. The maximum atomic E-state index is 14.5. The number of nitrogens with zero attached hydrogens (tertiary/aromatic N) is 3. The minimum atomic E-state index is -0.940. The van der Waals surface area contributed by atoms with Crippen LogP contribution in [-0.2, 0) is 6.54 Å². The second kappa shape index (κ2) is 9.33. The number of amides is 2. The summed E-state index contributed by atoms with van der Waals surface area (Å²) in [4.78, 5) is 36.3. The normalized spacial score (nSPS) is 15.9. The van der Waals surface area contributed by atoms with E-state index in [2.05, 4.69) is 4.98 Å². The van der Waals surface area contributed by atoms with Crippen LogP contribution in [0.15, 0.2) is 66.7 Å². The smallest absolute Gasteiger partial charge is 0.407 e. The predicted molar refractivity (Wildman–Crippen MR) is 139 cm³/mol. The van der Waals surface area contributed by atoms with E-state index in [0.717, 1.165) is 27.7 Å². The number of aromatic amines is 1. The number of carbonyl (C=O) groups excluding carboxylic acids is 1. The van der Waals surface area contributed by atoms with Gasteiger partial charge in [-0.1, -0.05) is 30.3 Å². The van der Waals surface area contributed by atoms with Gasteiger partial charge < -0.3 is 24.6 Å². The topological polar surface area (TPSA) is 98.8 Å². The number of hydrogen-bond acceptors (Lipinski definition) is 4. The van der Waals surface area contributed by atoms with E-state index in [0.29, 0.717) is 48.8 Å². The van der Waals surface area contributed by atoms with Crippen molar-refractivity contribution < 1.29 is 23.8 Å². The largest absolute Gasteiger partial charge is 0.496 e. The summed E-state index contributed by atoms with van der Waals surface area (Å²) in [5.74, 6) is 0.340. The van der Waals surface area contributed by atoms with Crippen LogP contribution in [0.25, 0.3) is 16.6 Å². The molecule has 0 spiro atoms. The van der Waals surface area contributed by atoms with Crippen molar-refractivity contribution in [2.45, 2.75) is 19.0 Å². The Hall–Kier alpha value is -4.66. The summed E-state index contributed by atoms with van der Waals surface area (Å²) in [6.07, 6.45) is 1.53. The average molecular weight is 513 g/mol. The van der Waals surface area contributed by atoms with Crippen LogP contribution in [0.5, 0.6) is 5.75 Å². The number of ether oxygens (including phenoxy) is 1. The van der Waals surface area contributed by atoms with Crippen LogP contribution >= 0.6 is 0 Å². The van der Waals surface area contributed by atoms with E-state index in [4.69, 9.17) is 9.72 Å². The second-order valence-corrected chi connectivity index (χ2v) is 9.44. The van der Waals surface area contributed by atoms with Crippen LogP contribution in [0.4, 0.5) is 9.18 Å². The van der Waals surface area contributed by atoms with Crippen LogP contribution in [0.2, 0.25) is 0 Å². The van der Waals surface area contributed by atoms with Crippen molar-refractivity contribution in [1.29, 1.82) is 0 Å². The fourth-order valence-electron chi connectivity index (χ4n) is 5.32. The Morgan fingerprint density at radius 1 is 1.16 bits per heavy atom. The van der Waals surface area contributed by atoms with Crippen molar-refractivity contribution in [1.82, 2.24) is 19.8 Å². The lowest BCUT2D eigenvalue weighted by atomic mass is 9.96. The van der Waals surface area contributed by atoms with E-state index in [-0.39, 0.29) is 5.91 Å². The van der Waals surface area contributed by atoms with Crippen LogP contribution < -0.4 is 4.74 Å².